The normalized spacial score (nSPS) is 18.7. The van der Waals surface area contributed by atoms with E-state index in [-0.39, 0.29) is 0 Å². The Morgan fingerprint density at radius 2 is 1.57 bits per heavy atom. The molecule has 1 saturated carbocycles. The van der Waals surface area contributed by atoms with Gasteiger partial charge in [-0.1, -0.05) is 51.7 Å². The van der Waals surface area contributed by atoms with Crippen molar-refractivity contribution in [3.8, 4) is 11.5 Å². The van der Waals surface area contributed by atoms with Crippen LogP contribution >= 0.6 is 0 Å². The summed E-state index contributed by atoms with van der Waals surface area (Å²) in [5, 5.41) is 0. The van der Waals surface area contributed by atoms with Crippen molar-refractivity contribution >= 4 is 6.16 Å². The first-order valence-electron chi connectivity index (χ1n) is 11.5. The highest BCUT2D eigenvalue weighted by Gasteiger charge is 2.23. The summed E-state index contributed by atoms with van der Waals surface area (Å²) < 4.78 is 10.5. The highest BCUT2D eigenvalue weighted by molar-refractivity contribution is 5.66. The van der Waals surface area contributed by atoms with Gasteiger partial charge in [0, 0.05) is 5.92 Å². The van der Waals surface area contributed by atoms with Gasteiger partial charge in [0.15, 0.2) is 5.75 Å². The summed E-state index contributed by atoms with van der Waals surface area (Å²) in [4.78, 5) is 20.9. The number of hydrogen-bond acceptors (Lipinski definition) is 5. The van der Waals surface area contributed by atoms with Gasteiger partial charge < -0.3 is 9.47 Å². The standard InChI is InChI=1S/C25H34N2O3/c1-3-5-6-8-20-11-15-22(16-12-20)29-25(28)30-23-17-26-24(27-18-23)21-13-9-19(7-4-2)10-14-21/h11-12,15-19,21H,3-10,13-14H2,1-2H3. The minimum Gasteiger partial charge on any atom is -0.395 e. The van der Waals surface area contributed by atoms with Gasteiger partial charge in [-0.25, -0.2) is 14.8 Å². The molecule has 1 aliphatic carbocycles. The van der Waals surface area contributed by atoms with E-state index in [0.717, 1.165) is 31.0 Å². The molecule has 0 N–H and O–H groups in total. The number of rotatable bonds is 9. The lowest BCUT2D eigenvalue weighted by molar-refractivity contribution is 0.151. The van der Waals surface area contributed by atoms with Crippen LogP contribution in [0.1, 0.15) is 88.9 Å². The van der Waals surface area contributed by atoms with E-state index in [1.165, 1.54) is 50.5 Å². The fourth-order valence-corrected chi connectivity index (χ4v) is 4.22. The Labute approximate surface area is 180 Å². The zero-order valence-electron chi connectivity index (χ0n) is 18.3. The maximum absolute atomic E-state index is 12.1. The summed E-state index contributed by atoms with van der Waals surface area (Å²) in [7, 11) is 0. The van der Waals surface area contributed by atoms with Crippen molar-refractivity contribution in [3.63, 3.8) is 0 Å². The molecule has 1 aliphatic rings. The molecule has 0 spiro atoms. The summed E-state index contributed by atoms with van der Waals surface area (Å²) in [6, 6.07) is 7.59. The van der Waals surface area contributed by atoms with Gasteiger partial charge in [0.25, 0.3) is 0 Å². The molecule has 0 radical (unpaired) electrons. The molecule has 0 aliphatic heterocycles. The summed E-state index contributed by atoms with van der Waals surface area (Å²) >= 11 is 0. The summed E-state index contributed by atoms with van der Waals surface area (Å²) in [6.45, 7) is 4.45. The monoisotopic (exact) mass is 410 g/mol. The van der Waals surface area contributed by atoms with Crippen LogP contribution in [-0.4, -0.2) is 16.1 Å². The molecule has 1 heterocycles. The summed E-state index contributed by atoms with van der Waals surface area (Å²) in [5.74, 6) is 2.90. The van der Waals surface area contributed by atoms with Gasteiger partial charge in [0.1, 0.15) is 11.6 Å². The van der Waals surface area contributed by atoms with Gasteiger partial charge in [-0.15, -0.1) is 0 Å². The van der Waals surface area contributed by atoms with E-state index < -0.39 is 6.16 Å². The Kier molecular flexibility index (Phi) is 8.66. The predicted molar refractivity (Wildman–Crippen MR) is 118 cm³/mol. The van der Waals surface area contributed by atoms with Crippen molar-refractivity contribution < 1.29 is 14.3 Å². The number of nitrogens with zero attached hydrogens (tertiary/aromatic N) is 2. The molecule has 0 atom stereocenters. The second-order valence-electron chi connectivity index (χ2n) is 8.34. The van der Waals surface area contributed by atoms with Crippen molar-refractivity contribution in [1.29, 1.82) is 0 Å². The van der Waals surface area contributed by atoms with Crippen LogP contribution in [0.15, 0.2) is 36.7 Å². The van der Waals surface area contributed by atoms with Crippen LogP contribution in [-0.2, 0) is 6.42 Å². The molecule has 1 fully saturated rings. The Morgan fingerprint density at radius 1 is 0.900 bits per heavy atom. The Balaban J connectivity index is 1.45. The quantitative estimate of drug-likeness (QED) is 0.257. The van der Waals surface area contributed by atoms with Gasteiger partial charge >= 0.3 is 6.16 Å². The van der Waals surface area contributed by atoms with Crippen molar-refractivity contribution in [2.45, 2.75) is 84.0 Å². The van der Waals surface area contributed by atoms with E-state index in [1.54, 1.807) is 24.5 Å². The van der Waals surface area contributed by atoms with Crippen LogP contribution < -0.4 is 9.47 Å². The van der Waals surface area contributed by atoms with E-state index in [1.807, 2.05) is 12.1 Å². The highest BCUT2D eigenvalue weighted by Crippen LogP contribution is 2.36. The Morgan fingerprint density at radius 3 is 2.20 bits per heavy atom. The average Bonchev–Trinajstić information content (AvgIpc) is 2.76. The second kappa shape index (κ2) is 11.7. The first-order chi connectivity index (χ1) is 14.7. The second-order valence-corrected chi connectivity index (χ2v) is 8.34. The molecule has 0 unspecified atom stereocenters. The topological polar surface area (TPSA) is 61.3 Å². The number of unbranched alkanes of at least 4 members (excludes halogenated alkanes) is 2. The lowest BCUT2D eigenvalue weighted by Crippen LogP contribution is -2.16. The van der Waals surface area contributed by atoms with E-state index in [9.17, 15) is 4.79 Å². The first-order valence-corrected chi connectivity index (χ1v) is 11.5. The first kappa shape index (κ1) is 22.3. The SMILES string of the molecule is CCCCCc1ccc(OC(=O)Oc2cnc(C3CCC(CCC)CC3)nc2)cc1. The summed E-state index contributed by atoms with van der Waals surface area (Å²) in [5.41, 5.74) is 1.25. The maximum Gasteiger partial charge on any atom is 0.519 e. The zero-order valence-corrected chi connectivity index (χ0v) is 18.3. The molecule has 3 rings (SSSR count). The van der Waals surface area contributed by atoms with Gasteiger partial charge in [-0.05, 0) is 62.1 Å². The molecule has 5 nitrogen and oxygen atoms in total. The molecule has 0 saturated heterocycles. The van der Waals surface area contributed by atoms with Crippen molar-refractivity contribution in [2.24, 2.45) is 5.92 Å². The van der Waals surface area contributed by atoms with Crippen LogP contribution in [0.25, 0.3) is 0 Å². The zero-order chi connectivity index (χ0) is 21.2. The van der Waals surface area contributed by atoms with Gasteiger partial charge in [0.05, 0.1) is 12.4 Å². The number of ether oxygens (including phenoxy) is 2. The van der Waals surface area contributed by atoms with Crippen LogP contribution in [0.5, 0.6) is 11.5 Å². The molecule has 30 heavy (non-hydrogen) atoms. The molecule has 5 heteroatoms. The number of carbonyl (C=O) groups excluding carboxylic acids is 1. The Bertz CT molecular complexity index is 766. The number of hydrogen-bond donors (Lipinski definition) is 0. The van der Waals surface area contributed by atoms with E-state index >= 15 is 0 Å². The smallest absolute Gasteiger partial charge is 0.395 e. The highest BCUT2D eigenvalue weighted by atomic mass is 16.7. The lowest BCUT2D eigenvalue weighted by Gasteiger charge is -2.27. The Hall–Kier alpha value is -2.43. The molecule has 1 aromatic carbocycles. The number of aryl methyl sites for hydroxylation is 1. The number of carbonyl (C=O) groups is 1. The van der Waals surface area contributed by atoms with Gasteiger partial charge in [0.2, 0.25) is 0 Å². The van der Waals surface area contributed by atoms with Crippen LogP contribution in [0, 0.1) is 5.92 Å². The molecule has 162 valence electrons. The van der Waals surface area contributed by atoms with Crippen molar-refractivity contribution in [2.75, 3.05) is 0 Å². The van der Waals surface area contributed by atoms with E-state index in [4.69, 9.17) is 9.47 Å². The lowest BCUT2D eigenvalue weighted by atomic mass is 9.80. The van der Waals surface area contributed by atoms with Crippen molar-refractivity contribution in [3.05, 3.63) is 48.0 Å². The number of benzene rings is 1. The molecular formula is C25H34N2O3. The third-order valence-electron chi connectivity index (χ3n) is 5.95. The molecule has 0 amide bonds. The fourth-order valence-electron chi connectivity index (χ4n) is 4.22. The minimum absolute atomic E-state index is 0.305. The summed E-state index contributed by atoms with van der Waals surface area (Å²) in [6.07, 6.45) is 14.4. The van der Waals surface area contributed by atoms with Gasteiger partial charge in [-0.2, -0.15) is 0 Å². The third-order valence-corrected chi connectivity index (χ3v) is 5.95. The van der Waals surface area contributed by atoms with Crippen LogP contribution in [0.2, 0.25) is 0 Å². The largest absolute Gasteiger partial charge is 0.519 e. The minimum atomic E-state index is -0.773. The van der Waals surface area contributed by atoms with E-state index in [2.05, 4.69) is 23.8 Å². The fraction of sp³-hybridized carbons (Fsp3) is 0.560. The predicted octanol–water partition coefficient (Wildman–Crippen LogP) is 6.86. The molecule has 0 bridgehead atoms. The average molecular weight is 411 g/mol. The molecule has 2 aromatic rings. The molecule has 1 aromatic heterocycles. The van der Waals surface area contributed by atoms with Crippen molar-refractivity contribution in [1.82, 2.24) is 9.97 Å². The number of aromatic nitrogens is 2. The van der Waals surface area contributed by atoms with Gasteiger partial charge in [-0.3, -0.25) is 0 Å². The maximum atomic E-state index is 12.1. The van der Waals surface area contributed by atoms with Crippen LogP contribution in [0.3, 0.4) is 0 Å². The third kappa shape index (κ3) is 6.82. The van der Waals surface area contributed by atoms with E-state index in [0.29, 0.717) is 17.4 Å². The van der Waals surface area contributed by atoms with Crippen LogP contribution in [0.4, 0.5) is 4.79 Å². The molecular weight excluding hydrogens is 376 g/mol.